The van der Waals surface area contributed by atoms with Crippen LogP contribution in [0.4, 0.5) is 0 Å². The van der Waals surface area contributed by atoms with Gasteiger partial charge < -0.3 is 20.7 Å². The Hall–Kier alpha value is -1.79. The molecule has 3 N–H and O–H groups in total. The number of nitrogens with zero attached hydrogens (tertiary/aromatic N) is 1. The highest BCUT2D eigenvalue weighted by molar-refractivity contribution is 6.33. The number of hydrogen-bond donors (Lipinski definition) is 3. The molecule has 1 amide bonds. The van der Waals surface area contributed by atoms with Crippen molar-refractivity contribution in [2.24, 2.45) is 10.9 Å². The van der Waals surface area contributed by atoms with Gasteiger partial charge in [-0.2, -0.15) is 0 Å². The van der Waals surface area contributed by atoms with Crippen LogP contribution in [-0.2, 0) is 4.74 Å². The second-order valence-electron chi connectivity index (χ2n) is 6.22. The van der Waals surface area contributed by atoms with Gasteiger partial charge in [0, 0.05) is 26.2 Å². The number of carbonyl (C=O) groups is 1. The Morgan fingerprint density at radius 2 is 1.88 bits per heavy atom. The summed E-state index contributed by atoms with van der Waals surface area (Å²) in [5.74, 6) is 1.18. The molecule has 6 nitrogen and oxygen atoms in total. The van der Waals surface area contributed by atoms with Gasteiger partial charge in [0.15, 0.2) is 5.96 Å². The lowest BCUT2D eigenvalue weighted by Gasteiger charge is -2.12. The molecule has 146 valence electrons. The number of hydrogen-bond acceptors (Lipinski definition) is 3. The maximum Gasteiger partial charge on any atom is 0.252 e. The van der Waals surface area contributed by atoms with Gasteiger partial charge >= 0.3 is 0 Å². The number of rotatable bonds is 11. The van der Waals surface area contributed by atoms with E-state index in [-0.39, 0.29) is 5.91 Å². The van der Waals surface area contributed by atoms with Crippen molar-refractivity contribution in [3.8, 4) is 0 Å². The largest absolute Gasteiger partial charge is 0.380 e. The van der Waals surface area contributed by atoms with Crippen LogP contribution in [0.25, 0.3) is 0 Å². The molecule has 0 aliphatic rings. The molecule has 0 bridgehead atoms. The quantitative estimate of drug-likeness (QED) is 0.312. The molecule has 0 spiro atoms. The van der Waals surface area contributed by atoms with Crippen LogP contribution < -0.4 is 16.0 Å². The molecule has 0 fully saturated rings. The lowest BCUT2D eigenvalue weighted by Crippen LogP contribution is -2.41. The summed E-state index contributed by atoms with van der Waals surface area (Å²) in [7, 11) is 0. The molecule has 1 aromatic carbocycles. The summed E-state index contributed by atoms with van der Waals surface area (Å²) in [5, 5.41) is 9.64. The molecular formula is C19H31ClN4O2. The molecule has 0 radical (unpaired) electrons. The zero-order valence-electron chi connectivity index (χ0n) is 16.0. The van der Waals surface area contributed by atoms with E-state index in [1.54, 1.807) is 24.3 Å². The van der Waals surface area contributed by atoms with Gasteiger partial charge in [-0.25, -0.2) is 0 Å². The number of amides is 1. The zero-order chi connectivity index (χ0) is 19.2. The second-order valence-corrected chi connectivity index (χ2v) is 6.63. The summed E-state index contributed by atoms with van der Waals surface area (Å²) in [6.45, 7) is 10.1. The molecule has 1 rings (SSSR count). The van der Waals surface area contributed by atoms with Crippen LogP contribution in [0.2, 0.25) is 5.02 Å². The molecule has 0 saturated carbocycles. The summed E-state index contributed by atoms with van der Waals surface area (Å²) in [4.78, 5) is 16.5. The van der Waals surface area contributed by atoms with Crippen molar-refractivity contribution in [2.75, 3.05) is 39.4 Å². The summed E-state index contributed by atoms with van der Waals surface area (Å²) < 4.78 is 5.56. The minimum absolute atomic E-state index is 0.183. The number of benzene rings is 1. The van der Waals surface area contributed by atoms with Gasteiger partial charge in [0.25, 0.3) is 5.91 Å². The van der Waals surface area contributed by atoms with Gasteiger partial charge in [-0.3, -0.25) is 9.79 Å². The normalized spacial score (nSPS) is 11.5. The van der Waals surface area contributed by atoms with Crippen molar-refractivity contribution in [2.45, 2.75) is 27.2 Å². The number of nitrogens with one attached hydrogen (secondary N) is 3. The second kappa shape index (κ2) is 13.4. The molecule has 0 unspecified atom stereocenters. The van der Waals surface area contributed by atoms with Crippen LogP contribution in [-0.4, -0.2) is 51.3 Å². The standard InChI is InChI=1S/C19H31ClN4O2/c1-4-21-19(24-12-14-26-13-9-15(2)3)23-11-10-22-18(25)16-7-5-6-8-17(16)20/h5-8,15H,4,9-14H2,1-3H3,(H,22,25)(H2,21,23,24). The Balaban J connectivity index is 2.27. The SMILES string of the molecule is CCNC(=NCCOCCC(C)C)NCCNC(=O)c1ccccc1Cl. The third kappa shape index (κ3) is 9.63. The summed E-state index contributed by atoms with van der Waals surface area (Å²) in [6.07, 6.45) is 1.06. The van der Waals surface area contributed by atoms with Gasteiger partial charge in [0.05, 0.1) is 23.7 Å². The number of aliphatic imine (C=N–C) groups is 1. The molecule has 1 aromatic rings. The number of carbonyl (C=O) groups excluding carboxylic acids is 1. The first-order chi connectivity index (χ1) is 12.5. The van der Waals surface area contributed by atoms with Crippen LogP contribution in [0.15, 0.2) is 29.3 Å². The van der Waals surface area contributed by atoms with Crippen molar-refractivity contribution < 1.29 is 9.53 Å². The third-order valence-electron chi connectivity index (χ3n) is 3.51. The molecule has 0 heterocycles. The highest BCUT2D eigenvalue weighted by Crippen LogP contribution is 2.14. The molecule has 7 heteroatoms. The van der Waals surface area contributed by atoms with Crippen LogP contribution in [0.3, 0.4) is 0 Å². The van der Waals surface area contributed by atoms with Crippen molar-refractivity contribution in [1.29, 1.82) is 0 Å². The molecule has 0 aliphatic heterocycles. The lowest BCUT2D eigenvalue weighted by molar-refractivity contribution is 0.0954. The van der Waals surface area contributed by atoms with Crippen molar-refractivity contribution in [3.05, 3.63) is 34.9 Å². The monoisotopic (exact) mass is 382 g/mol. The Labute approximate surface area is 161 Å². The average molecular weight is 383 g/mol. The smallest absolute Gasteiger partial charge is 0.252 e. The fraction of sp³-hybridized carbons (Fsp3) is 0.579. The number of halogens is 1. The van der Waals surface area contributed by atoms with Crippen LogP contribution in [0.5, 0.6) is 0 Å². The molecule has 0 saturated heterocycles. The first kappa shape index (κ1) is 22.3. The summed E-state index contributed by atoms with van der Waals surface area (Å²) in [5.41, 5.74) is 0.480. The predicted molar refractivity (Wildman–Crippen MR) is 108 cm³/mol. The zero-order valence-corrected chi connectivity index (χ0v) is 16.7. The van der Waals surface area contributed by atoms with Crippen molar-refractivity contribution in [1.82, 2.24) is 16.0 Å². The molecule has 0 atom stereocenters. The minimum Gasteiger partial charge on any atom is -0.380 e. The fourth-order valence-corrected chi connectivity index (χ4v) is 2.30. The number of ether oxygens (including phenoxy) is 1. The first-order valence-electron chi connectivity index (χ1n) is 9.17. The van der Waals surface area contributed by atoms with Gasteiger partial charge in [-0.1, -0.05) is 37.6 Å². The Morgan fingerprint density at radius 3 is 2.58 bits per heavy atom. The topological polar surface area (TPSA) is 74.8 Å². The van der Waals surface area contributed by atoms with Crippen LogP contribution in [0, 0.1) is 5.92 Å². The Morgan fingerprint density at radius 1 is 1.15 bits per heavy atom. The van der Waals surface area contributed by atoms with Gasteiger partial charge in [-0.05, 0) is 31.4 Å². The number of guanidine groups is 1. The van der Waals surface area contributed by atoms with Crippen LogP contribution in [0.1, 0.15) is 37.6 Å². The fourth-order valence-electron chi connectivity index (χ4n) is 2.08. The highest BCUT2D eigenvalue weighted by Gasteiger charge is 2.08. The third-order valence-corrected chi connectivity index (χ3v) is 3.84. The first-order valence-corrected chi connectivity index (χ1v) is 9.55. The lowest BCUT2D eigenvalue weighted by atomic mass is 10.1. The van der Waals surface area contributed by atoms with E-state index in [1.165, 1.54) is 0 Å². The van der Waals surface area contributed by atoms with E-state index in [0.717, 1.165) is 19.6 Å². The van der Waals surface area contributed by atoms with E-state index in [2.05, 4.69) is 34.8 Å². The van der Waals surface area contributed by atoms with Crippen LogP contribution >= 0.6 is 11.6 Å². The van der Waals surface area contributed by atoms with E-state index < -0.39 is 0 Å². The molecule has 0 aromatic heterocycles. The molecular weight excluding hydrogens is 352 g/mol. The Kier molecular flexibility index (Phi) is 11.5. The predicted octanol–water partition coefficient (Wildman–Crippen LogP) is 2.69. The van der Waals surface area contributed by atoms with E-state index in [4.69, 9.17) is 16.3 Å². The van der Waals surface area contributed by atoms with Crippen molar-refractivity contribution >= 4 is 23.5 Å². The van der Waals surface area contributed by atoms with E-state index in [0.29, 0.717) is 48.7 Å². The molecule has 0 aliphatic carbocycles. The van der Waals surface area contributed by atoms with Gasteiger partial charge in [0.1, 0.15) is 0 Å². The average Bonchev–Trinajstić information content (AvgIpc) is 2.61. The maximum absolute atomic E-state index is 12.1. The Bertz CT molecular complexity index is 564. The summed E-state index contributed by atoms with van der Waals surface area (Å²) >= 11 is 6.02. The van der Waals surface area contributed by atoms with Gasteiger partial charge in [-0.15, -0.1) is 0 Å². The summed E-state index contributed by atoms with van der Waals surface area (Å²) in [6, 6.07) is 6.99. The van der Waals surface area contributed by atoms with E-state index in [9.17, 15) is 4.79 Å². The van der Waals surface area contributed by atoms with E-state index >= 15 is 0 Å². The van der Waals surface area contributed by atoms with Crippen molar-refractivity contribution in [3.63, 3.8) is 0 Å². The maximum atomic E-state index is 12.1. The van der Waals surface area contributed by atoms with Gasteiger partial charge in [0.2, 0.25) is 0 Å². The highest BCUT2D eigenvalue weighted by atomic mass is 35.5. The minimum atomic E-state index is -0.183. The van der Waals surface area contributed by atoms with E-state index in [1.807, 2.05) is 6.92 Å². The molecule has 26 heavy (non-hydrogen) atoms.